The maximum atomic E-state index is 13.0. The lowest BCUT2D eigenvalue weighted by molar-refractivity contribution is -0.145. The zero-order valence-electron chi connectivity index (χ0n) is 19.3. The van der Waals surface area contributed by atoms with Crippen molar-refractivity contribution in [2.45, 2.75) is 69.3 Å². The van der Waals surface area contributed by atoms with Crippen LogP contribution in [0.1, 0.15) is 39.0 Å². The highest BCUT2D eigenvalue weighted by molar-refractivity contribution is 7.80. The minimum absolute atomic E-state index is 0.0557. The number of amides is 3. The van der Waals surface area contributed by atoms with E-state index in [2.05, 4.69) is 33.6 Å². The molecule has 5 unspecified atom stereocenters. The van der Waals surface area contributed by atoms with E-state index in [0.29, 0.717) is 19.4 Å². The molecule has 196 valence electrons. The SMILES string of the molecule is CC(O)C(NC(=O)C(CCCN=C(N)N)NC(=O)C(CCCCN)NC(=O)C(N)CS)C(=O)O. The number of carboxylic acids is 1. The first-order valence-electron chi connectivity index (χ1n) is 10.9. The lowest BCUT2D eigenvalue weighted by atomic mass is 10.0. The van der Waals surface area contributed by atoms with E-state index in [1.807, 2.05) is 0 Å². The number of aliphatic imine (C=N–C) groups is 1. The summed E-state index contributed by atoms with van der Waals surface area (Å²) in [5, 5.41) is 26.2. The van der Waals surface area contributed by atoms with E-state index in [1.165, 1.54) is 6.92 Å². The van der Waals surface area contributed by atoms with Crippen molar-refractivity contribution < 1.29 is 29.4 Å². The van der Waals surface area contributed by atoms with Crippen LogP contribution < -0.4 is 38.9 Å². The molecule has 0 spiro atoms. The molecule has 0 heterocycles. The average molecular weight is 507 g/mol. The van der Waals surface area contributed by atoms with Gasteiger partial charge in [-0.1, -0.05) is 0 Å². The number of thiol groups is 1. The quantitative estimate of drug-likeness (QED) is 0.0400. The normalized spacial score (nSPS) is 15.2. The molecule has 0 rings (SSSR count). The summed E-state index contributed by atoms with van der Waals surface area (Å²) >= 11 is 3.97. The van der Waals surface area contributed by atoms with Crippen molar-refractivity contribution in [2.24, 2.45) is 27.9 Å². The van der Waals surface area contributed by atoms with Gasteiger partial charge in [-0.2, -0.15) is 12.6 Å². The molecule has 34 heavy (non-hydrogen) atoms. The van der Waals surface area contributed by atoms with Gasteiger partial charge in [0, 0.05) is 12.3 Å². The molecular weight excluding hydrogens is 468 g/mol. The number of nitrogens with zero attached hydrogens (tertiary/aromatic N) is 1. The van der Waals surface area contributed by atoms with Crippen molar-refractivity contribution in [2.75, 3.05) is 18.8 Å². The molecular formula is C19H38N8O6S. The second-order valence-corrected chi connectivity index (χ2v) is 8.07. The Morgan fingerprint density at radius 1 is 0.941 bits per heavy atom. The Morgan fingerprint density at radius 3 is 1.94 bits per heavy atom. The van der Waals surface area contributed by atoms with Crippen LogP contribution in [0.15, 0.2) is 4.99 Å². The highest BCUT2D eigenvalue weighted by atomic mass is 32.1. The minimum Gasteiger partial charge on any atom is -0.480 e. The topological polar surface area (TPSA) is 261 Å². The highest BCUT2D eigenvalue weighted by Crippen LogP contribution is 2.06. The zero-order chi connectivity index (χ0) is 26.3. The minimum atomic E-state index is -1.59. The molecule has 0 radical (unpaired) electrons. The molecule has 0 saturated carbocycles. The summed E-state index contributed by atoms with van der Waals surface area (Å²) in [7, 11) is 0. The van der Waals surface area contributed by atoms with Gasteiger partial charge >= 0.3 is 5.97 Å². The van der Waals surface area contributed by atoms with Crippen molar-refractivity contribution in [3.63, 3.8) is 0 Å². The summed E-state index contributed by atoms with van der Waals surface area (Å²) in [4.78, 5) is 53.1. The van der Waals surface area contributed by atoms with E-state index in [4.69, 9.17) is 22.9 Å². The first kappa shape index (κ1) is 31.4. The number of hydrogen-bond donors (Lipinski definition) is 10. The van der Waals surface area contributed by atoms with Crippen LogP contribution >= 0.6 is 12.6 Å². The van der Waals surface area contributed by atoms with Gasteiger partial charge in [-0.15, -0.1) is 0 Å². The van der Waals surface area contributed by atoms with Crippen molar-refractivity contribution in [1.29, 1.82) is 0 Å². The molecule has 3 amide bonds. The Balaban J connectivity index is 5.56. The highest BCUT2D eigenvalue weighted by Gasteiger charge is 2.31. The van der Waals surface area contributed by atoms with Crippen LogP contribution in [0.5, 0.6) is 0 Å². The van der Waals surface area contributed by atoms with Crippen LogP contribution in [0.25, 0.3) is 0 Å². The summed E-state index contributed by atoms with van der Waals surface area (Å²) in [6.07, 6.45) is 0.315. The maximum Gasteiger partial charge on any atom is 0.328 e. The molecule has 13 N–H and O–H groups in total. The number of nitrogens with one attached hydrogen (secondary N) is 3. The summed E-state index contributed by atoms with van der Waals surface area (Å²) in [5.74, 6) is -3.60. The molecule has 0 aromatic heterocycles. The number of carbonyl (C=O) groups excluding carboxylic acids is 3. The van der Waals surface area contributed by atoms with Crippen molar-refractivity contribution in [3.8, 4) is 0 Å². The van der Waals surface area contributed by atoms with Crippen LogP contribution in [-0.4, -0.2) is 89.0 Å². The summed E-state index contributed by atoms with van der Waals surface area (Å²) in [6, 6.07) is -4.72. The number of hydrogen-bond acceptors (Lipinski definition) is 9. The Morgan fingerprint density at radius 2 is 1.47 bits per heavy atom. The van der Waals surface area contributed by atoms with Crippen LogP contribution in [0.2, 0.25) is 0 Å². The van der Waals surface area contributed by atoms with Gasteiger partial charge in [-0.25, -0.2) is 4.79 Å². The third kappa shape index (κ3) is 12.6. The second kappa shape index (κ2) is 16.9. The predicted molar refractivity (Wildman–Crippen MR) is 130 cm³/mol. The third-order valence-corrected chi connectivity index (χ3v) is 5.13. The fraction of sp³-hybridized carbons (Fsp3) is 0.737. The largest absolute Gasteiger partial charge is 0.480 e. The Labute approximate surface area is 204 Å². The van der Waals surface area contributed by atoms with Gasteiger partial charge < -0.3 is 49.1 Å². The van der Waals surface area contributed by atoms with E-state index in [9.17, 15) is 29.4 Å². The summed E-state index contributed by atoms with van der Waals surface area (Å²) < 4.78 is 0. The van der Waals surface area contributed by atoms with E-state index in [-0.39, 0.29) is 37.5 Å². The molecule has 0 aliphatic carbocycles. The fourth-order valence-corrected chi connectivity index (χ4v) is 2.98. The Kier molecular flexibility index (Phi) is 15.6. The zero-order valence-corrected chi connectivity index (χ0v) is 20.2. The number of rotatable bonds is 17. The number of aliphatic hydroxyl groups is 1. The predicted octanol–water partition coefficient (Wildman–Crippen LogP) is -3.65. The first-order valence-corrected chi connectivity index (χ1v) is 11.5. The van der Waals surface area contributed by atoms with Crippen molar-refractivity contribution in [1.82, 2.24) is 16.0 Å². The number of aliphatic hydroxyl groups excluding tert-OH is 1. The van der Waals surface area contributed by atoms with Gasteiger partial charge in [-0.05, 0) is 45.6 Å². The molecule has 14 nitrogen and oxygen atoms in total. The number of aliphatic carboxylic acids is 1. The lowest BCUT2D eigenvalue weighted by Gasteiger charge is -2.25. The molecule has 0 bridgehead atoms. The Bertz CT molecular complexity index is 704. The van der Waals surface area contributed by atoms with Gasteiger partial charge in [-0.3, -0.25) is 19.4 Å². The smallest absolute Gasteiger partial charge is 0.328 e. The van der Waals surface area contributed by atoms with Gasteiger partial charge in [0.2, 0.25) is 17.7 Å². The first-order chi connectivity index (χ1) is 15.9. The summed E-state index contributed by atoms with van der Waals surface area (Å²) in [5.41, 5.74) is 21.7. The molecule has 0 aliphatic heterocycles. The van der Waals surface area contributed by atoms with E-state index >= 15 is 0 Å². The van der Waals surface area contributed by atoms with Crippen molar-refractivity contribution in [3.05, 3.63) is 0 Å². The van der Waals surface area contributed by atoms with Crippen LogP contribution in [0, 0.1) is 0 Å². The van der Waals surface area contributed by atoms with Crippen LogP contribution in [-0.2, 0) is 19.2 Å². The van der Waals surface area contributed by atoms with E-state index in [1.54, 1.807) is 0 Å². The number of unbranched alkanes of at least 4 members (excludes halogenated alkanes) is 1. The number of guanidine groups is 1. The standard InChI is InChI=1S/C19H38N8O6S/c1-10(28)14(18(32)33)27-17(31)13(6-4-8-24-19(22)23)26-16(30)12(5-2-3-7-20)25-15(29)11(21)9-34/h10-14,28,34H,2-9,20-21H2,1H3,(H,25,29)(H,26,30)(H,27,31)(H,32,33)(H4,22,23,24). The second-order valence-electron chi connectivity index (χ2n) is 7.71. The van der Waals surface area contributed by atoms with Crippen LogP contribution in [0.3, 0.4) is 0 Å². The van der Waals surface area contributed by atoms with Gasteiger partial charge in [0.15, 0.2) is 12.0 Å². The third-order valence-electron chi connectivity index (χ3n) is 4.74. The van der Waals surface area contributed by atoms with Gasteiger partial charge in [0.05, 0.1) is 12.1 Å². The fourth-order valence-electron chi connectivity index (χ4n) is 2.81. The van der Waals surface area contributed by atoms with Crippen molar-refractivity contribution >= 4 is 42.3 Å². The maximum absolute atomic E-state index is 13.0. The number of carboxylic acid groups (broad SMARTS) is 1. The van der Waals surface area contributed by atoms with Gasteiger partial charge in [0.25, 0.3) is 0 Å². The molecule has 0 aromatic carbocycles. The van der Waals surface area contributed by atoms with E-state index in [0.717, 1.165) is 0 Å². The monoisotopic (exact) mass is 506 g/mol. The molecule has 0 aliphatic rings. The number of nitrogens with two attached hydrogens (primary N) is 4. The molecule has 5 atom stereocenters. The lowest BCUT2D eigenvalue weighted by Crippen LogP contribution is -2.58. The van der Waals surface area contributed by atoms with Gasteiger partial charge in [0.1, 0.15) is 12.1 Å². The Hall–Kier alpha value is -2.62. The number of carbonyl (C=O) groups is 4. The van der Waals surface area contributed by atoms with Crippen LogP contribution in [0.4, 0.5) is 0 Å². The molecule has 0 fully saturated rings. The average Bonchev–Trinajstić information content (AvgIpc) is 2.77. The summed E-state index contributed by atoms with van der Waals surface area (Å²) in [6.45, 7) is 1.76. The molecule has 15 heteroatoms. The molecule has 0 aromatic rings. The molecule has 0 saturated heterocycles. The van der Waals surface area contributed by atoms with E-state index < -0.39 is 54.0 Å².